The van der Waals surface area contributed by atoms with E-state index in [1.807, 2.05) is 0 Å². The Morgan fingerprint density at radius 3 is 2.89 bits per heavy atom. The van der Waals surface area contributed by atoms with Gasteiger partial charge in [-0.3, -0.25) is 14.4 Å². The van der Waals surface area contributed by atoms with Gasteiger partial charge in [-0.25, -0.2) is 5.10 Å². The highest BCUT2D eigenvalue weighted by molar-refractivity contribution is 5.96. The highest BCUT2D eigenvalue weighted by Gasteiger charge is 2.32. The lowest BCUT2D eigenvalue weighted by atomic mass is 10.1. The predicted molar refractivity (Wildman–Crippen MR) is 66.6 cm³/mol. The number of nitrogens with zero attached hydrogens (tertiary/aromatic N) is 2. The quantitative estimate of drug-likeness (QED) is 0.569. The van der Waals surface area contributed by atoms with Crippen molar-refractivity contribution in [1.29, 1.82) is 0 Å². The van der Waals surface area contributed by atoms with Crippen molar-refractivity contribution in [2.45, 2.75) is 6.04 Å². The van der Waals surface area contributed by atoms with Crippen LogP contribution in [0.25, 0.3) is 0 Å². The molecule has 102 valence electrons. The topological polar surface area (TPSA) is 107 Å². The Morgan fingerprint density at radius 1 is 1.47 bits per heavy atom. The molecule has 1 aromatic heterocycles. The van der Waals surface area contributed by atoms with Crippen molar-refractivity contribution in [2.75, 3.05) is 26.7 Å². The minimum absolute atomic E-state index is 0.121. The Hall–Kier alpha value is -2.22. The van der Waals surface area contributed by atoms with Crippen molar-refractivity contribution in [3.05, 3.63) is 28.2 Å². The highest BCUT2D eigenvalue weighted by Crippen LogP contribution is 2.08. The van der Waals surface area contributed by atoms with Gasteiger partial charge in [0.15, 0.2) is 0 Å². The van der Waals surface area contributed by atoms with Gasteiger partial charge < -0.3 is 15.5 Å². The second-order valence-corrected chi connectivity index (χ2v) is 4.14. The summed E-state index contributed by atoms with van der Waals surface area (Å²) in [7, 11) is 1.53. The molecule has 19 heavy (non-hydrogen) atoms. The molecule has 0 saturated carbocycles. The lowest BCUT2D eigenvalue weighted by molar-refractivity contribution is -0.125. The number of amides is 2. The number of hydrogen-bond acceptors (Lipinski definition) is 5. The fraction of sp³-hybridized carbons (Fsp3) is 0.455. The van der Waals surface area contributed by atoms with Gasteiger partial charge in [-0.15, -0.1) is 0 Å². The van der Waals surface area contributed by atoms with Gasteiger partial charge in [0.1, 0.15) is 11.7 Å². The first-order chi connectivity index (χ1) is 9.13. The molecule has 0 radical (unpaired) electrons. The van der Waals surface area contributed by atoms with E-state index >= 15 is 0 Å². The van der Waals surface area contributed by atoms with Gasteiger partial charge >= 0.3 is 0 Å². The summed E-state index contributed by atoms with van der Waals surface area (Å²) in [6.07, 6.45) is 0. The minimum atomic E-state index is -0.569. The maximum atomic E-state index is 12.3. The number of piperazine rings is 1. The molecule has 8 nitrogen and oxygen atoms in total. The maximum Gasteiger partial charge on any atom is 0.275 e. The van der Waals surface area contributed by atoms with Crippen LogP contribution in [0, 0.1) is 0 Å². The summed E-state index contributed by atoms with van der Waals surface area (Å²) < 4.78 is 0. The molecule has 3 N–H and O–H groups in total. The maximum absolute atomic E-state index is 12.3. The van der Waals surface area contributed by atoms with Crippen LogP contribution >= 0.6 is 0 Å². The van der Waals surface area contributed by atoms with Gasteiger partial charge in [-0.2, -0.15) is 5.10 Å². The first-order valence-electron chi connectivity index (χ1n) is 5.92. The molecule has 0 aromatic carbocycles. The van der Waals surface area contributed by atoms with Gasteiger partial charge in [0, 0.05) is 32.7 Å². The number of rotatable bonds is 2. The van der Waals surface area contributed by atoms with Crippen molar-refractivity contribution in [2.24, 2.45) is 0 Å². The molecule has 1 fully saturated rings. The molecule has 2 heterocycles. The second-order valence-electron chi connectivity index (χ2n) is 4.14. The molecular weight excluding hydrogens is 250 g/mol. The average Bonchev–Trinajstić information content (AvgIpc) is 2.46. The number of hydrogen-bond donors (Lipinski definition) is 3. The van der Waals surface area contributed by atoms with Crippen molar-refractivity contribution in [3.8, 4) is 0 Å². The Labute approximate surface area is 109 Å². The van der Waals surface area contributed by atoms with E-state index in [9.17, 15) is 14.4 Å². The van der Waals surface area contributed by atoms with E-state index in [1.54, 1.807) is 0 Å². The Bertz CT molecular complexity index is 521. The monoisotopic (exact) mass is 265 g/mol. The average molecular weight is 265 g/mol. The molecule has 2 rings (SSSR count). The van der Waals surface area contributed by atoms with Crippen molar-refractivity contribution >= 4 is 11.8 Å². The summed E-state index contributed by atoms with van der Waals surface area (Å²) in [5.74, 6) is -0.601. The van der Waals surface area contributed by atoms with E-state index < -0.39 is 6.04 Å². The number of aromatic amines is 1. The SMILES string of the molecule is CNC(=O)C1CNCCN1C(=O)c1ccc(=O)[nH]n1. The molecule has 8 heteroatoms. The smallest absolute Gasteiger partial charge is 0.275 e. The van der Waals surface area contributed by atoms with E-state index in [0.717, 1.165) is 0 Å². The molecule has 0 spiro atoms. The molecule has 1 unspecified atom stereocenters. The largest absolute Gasteiger partial charge is 0.357 e. The summed E-state index contributed by atoms with van der Waals surface area (Å²) in [5.41, 5.74) is -0.255. The number of aromatic nitrogens is 2. The van der Waals surface area contributed by atoms with Crippen LogP contribution in [0.5, 0.6) is 0 Å². The first-order valence-corrected chi connectivity index (χ1v) is 5.92. The van der Waals surface area contributed by atoms with Crippen molar-refractivity contribution < 1.29 is 9.59 Å². The first kappa shape index (κ1) is 13.2. The van der Waals surface area contributed by atoms with Crippen LogP contribution in [0.3, 0.4) is 0 Å². The minimum Gasteiger partial charge on any atom is -0.357 e. The van der Waals surface area contributed by atoms with Crippen LogP contribution < -0.4 is 16.2 Å². The lowest BCUT2D eigenvalue weighted by Gasteiger charge is -2.34. The van der Waals surface area contributed by atoms with E-state index in [-0.39, 0.29) is 23.1 Å². The lowest BCUT2D eigenvalue weighted by Crippen LogP contribution is -2.59. The fourth-order valence-corrected chi connectivity index (χ4v) is 1.96. The van der Waals surface area contributed by atoms with Crippen LogP contribution in [0.1, 0.15) is 10.5 Å². The molecule has 0 aliphatic carbocycles. The van der Waals surface area contributed by atoms with Crippen LogP contribution in [0.4, 0.5) is 0 Å². The van der Waals surface area contributed by atoms with Crippen LogP contribution in [0.2, 0.25) is 0 Å². The van der Waals surface area contributed by atoms with Crippen molar-refractivity contribution in [3.63, 3.8) is 0 Å². The second kappa shape index (κ2) is 5.61. The van der Waals surface area contributed by atoms with Gasteiger partial charge in [0.25, 0.3) is 11.5 Å². The zero-order chi connectivity index (χ0) is 13.8. The van der Waals surface area contributed by atoms with Crippen LogP contribution in [-0.4, -0.2) is 59.6 Å². The molecule has 0 bridgehead atoms. The van der Waals surface area contributed by atoms with Crippen LogP contribution in [0.15, 0.2) is 16.9 Å². The standard InChI is InChI=1S/C11H15N5O3/c1-12-10(18)8-6-13-4-5-16(8)11(19)7-2-3-9(17)15-14-7/h2-3,8,13H,4-6H2,1H3,(H,12,18)(H,15,17). The summed E-state index contributed by atoms with van der Waals surface area (Å²) in [6, 6.07) is 2.02. The normalized spacial score (nSPS) is 19.0. The summed E-state index contributed by atoms with van der Waals surface area (Å²) >= 11 is 0. The zero-order valence-corrected chi connectivity index (χ0v) is 10.5. The van der Waals surface area contributed by atoms with Gasteiger partial charge in [0.05, 0.1) is 0 Å². The van der Waals surface area contributed by atoms with E-state index in [2.05, 4.69) is 20.8 Å². The number of carbonyl (C=O) groups is 2. The molecule has 1 aromatic rings. The predicted octanol–water partition coefficient (Wildman–Crippen LogP) is -2.07. The third-order valence-electron chi connectivity index (χ3n) is 2.95. The molecule has 2 amide bonds. The van der Waals surface area contributed by atoms with Gasteiger partial charge in [0.2, 0.25) is 5.91 Å². The van der Waals surface area contributed by atoms with Gasteiger partial charge in [-0.1, -0.05) is 0 Å². The Morgan fingerprint density at radius 2 is 2.26 bits per heavy atom. The molecule has 1 aliphatic rings. The number of likely N-dealkylation sites (N-methyl/N-ethyl adjacent to an activating group) is 1. The number of nitrogens with one attached hydrogen (secondary N) is 3. The van der Waals surface area contributed by atoms with E-state index in [1.165, 1.54) is 24.1 Å². The summed E-state index contributed by atoms with van der Waals surface area (Å²) in [4.78, 5) is 36.4. The van der Waals surface area contributed by atoms with Crippen molar-refractivity contribution in [1.82, 2.24) is 25.7 Å². The molecule has 1 aliphatic heterocycles. The Kier molecular flexibility index (Phi) is 3.91. The molecule has 1 saturated heterocycles. The molecular formula is C11H15N5O3. The Balaban J connectivity index is 2.22. The fourth-order valence-electron chi connectivity index (χ4n) is 1.96. The summed E-state index contributed by atoms with van der Waals surface area (Å²) in [5, 5.41) is 11.5. The van der Waals surface area contributed by atoms with E-state index in [0.29, 0.717) is 19.6 Å². The molecule has 1 atom stereocenters. The number of carbonyl (C=O) groups excluding carboxylic acids is 2. The van der Waals surface area contributed by atoms with Crippen LogP contribution in [-0.2, 0) is 4.79 Å². The zero-order valence-electron chi connectivity index (χ0n) is 10.5. The van der Waals surface area contributed by atoms with Gasteiger partial charge in [-0.05, 0) is 6.07 Å². The third kappa shape index (κ3) is 2.79. The highest BCUT2D eigenvalue weighted by atomic mass is 16.2. The number of H-pyrrole nitrogens is 1. The summed E-state index contributed by atoms with van der Waals surface area (Å²) in [6.45, 7) is 1.43. The third-order valence-corrected chi connectivity index (χ3v) is 2.95. The van der Waals surface area contributed by atoms with E-state index in [4.69, 9.17) is 0 Å².